The van der Waals surface area contributed by atoms with E-state index in [0.717, 1.165) is 5.56 Å². The molecule has 2 atom stereocenters. The summed E-state index contributed by atoms with van der Waals surface area (Å²) in [5.41, 5.74) is 6.51. The zero-order valence-electron chi connectivity index (χ0n) is 13.0. The number of benzene rings is 1. The van der Waals surface area contributed by atoms with Crippen molar-refractivity contribution in [3.8, 4) is 11.4 Å². The molecule has 1 aromatic heterocycles. The number of hydrogen-bond acceptors (Lipinski definition) is 5. The van der Waals surface area contributed by atoms with Crippen LogP contribution in [0.5, 0.6) is 0 Å². The van der Waals surface area contributed by atoms with E-state index >= 15 is 0 Å². The molecule has 1 aromatic carbocycles. The van der Waals surface area contributed by atoms with Gasteiger partial charge in [-0.2, -0.15) is 4.98 Å². The van der Waals surface area contributed by atoms with Crippen LogP contribution in [0.25, 0.3) is 11.4 Å². The van der Waals surface area contributed by atoms with Gasteiger partial charge < -0.3 is 15.6 Å². The number of nitrogens with zero attached hydrogens (tertiary/aromatic N) is 2. The molecule has 0 bridgehead atoms. The van der Waals surface area contributed by atoms with Crippen LogP contribution in [0.4, 0.5) is 0 Å². The number of halogens is 2. The molecule has 6 nitrogen and oxygen atoms in total. The van der Waals surface area contributed by atoms with Crippen LogP contribution in [0.3, 0.4) is 0 Å². The van der Waals surface area contributed by atoms with Gasteiger partial charge in [0.05, 0.1) is 0 Å². The topological polar surface area (TPSA) is 94.0 Å². The van der Waals surface area contributed by atoms with Gasteiger partial charge in [-0.3, -0.25) is 4.79 Å². The maximum Gasteiger partial charge on any atom is 0.228 e. The van der Waals surface area contributed by atoms with Crippen molar-refractivity contribution < 1.29 is 9.32 Å². The van der Waals surface area contributed by atoms with Crippen molar-refractivity contribution in [2.45, 2.75) is 26.3 Å². The van der Waals surface area contributed by atoms with E-state index in [4.69, 9.17) is 21.9 Å². The van der Waals surface area contributed by atoms with Gasteiger partial charge in [0.2, 0.25) is 17.6 Å². The Kier molecular flexibility index (Phi) is 7.48. The minimum atomic E-state index is -0.229. The number of aromatic nitrogens is 2. The minimum Gasteiger partial charge on any atom is -0.355 e. The Bertz CT molecular complexity index is 629. The largest absolute Gasteiger partial charge is 0.355 e. The molecule has 3 N–H and O–H groups in total. The molecule has 0 aliphatic rings. The first-order valence-corrected chi connectivity index (χ1v) is 7.47. The average Bonchev–Trinajstić information content (AvgIpc) is 2.95. The molecule has 126 valence electrons. The predicted octanol–water partition coefficient (Wildman–Crippen LogP) is 2.45. The highest BCUT2D eigenvalue weighted by Gasteiger charge is 2.16. The van der Waals surface area contributed by atoms with Gasteiger partial charge in [-0.1, -0.05) is 23.7 Å². The van der Waals surface area contributed by atoms with E-state index in [2.05, 4.69) is 15.5 Å². The number of hydrogen-bond donors (Lipinski definition) is 2. The molecule has 8 heteroatoms. The molecule has 0 aliphatic heterocycles. The first kappa shape index (κ1) is 19.4. The number of nitrogens with one attached hydrogen (secondary N) is 1. The summed E-state index contributed by atoms with van der Waals surface area (Å²) in [6, 6.07) is 7.00. The second-order valence-electron chi connectivity index (χ2n) is 5.21. The Hall–Kier alpha value is -1.63. The van der Waals surface area contributed by atoms with Gasteiger partial charge in [-0.15, -0.1) is 12.4 Å². The van der Waals surface area contributed by atoms with Crippen molar-refractivity contribution >= 4 is 29.9 Å². The van der Waals surface area contributed by atoms with Gasteiger partial charge in [-0.05, 0) is 31.2 Å². The van der Waals surface area contributed by atoms with E-state index < -0.39 is 0 Å². The van der Waals surface area contributed by atoms with Gasteiger partial charge in [0.25, 0.3) is 0 Å². The Balaban J connectivity index is 0.00000264. The number of amides is 1. The van der Waals surface area contributed by atoms with Crippen LogP contribution in [0.1, 0.15) is 19.7 Å². The van der Waals surface area contributed by atoms with Crippen LogP contribution >= 0.6 is 24.0 Å². The van der Waals surface area contributed by atoms with Crippen LogP contribution < -0.4 is 11.1 Å². The lowest BCUT2D eigenvalue weighted by molar-refractivity contribution is -0.124. The second kappa shape index (κ2) is 8.86. The number of carbonyl (C=O) groups is 1. The SMILES string of the molecule is CC(N)C(C)C(=O)NCCc1nc(-c2ccc(Cl)cc2)no1.Cl. The van der Waals surface area contributed by atoms with Gasteiger partial charge in [-0.25, -0.2) is 0 Å². The minimum absolute atomic E-state index is 0. The van der Waals surface area contributed by atoms with E-state index in [0.29, 0.717) is 29.7 Å². The lowest BCUT2D eigenvalue weighted by Gasteiger charge is -2.14. The molecule has 0 aliphatic carbocycles. The Morgan fingerprint density at radius 1 is 1.35 bits per heavy atom. The molecular weight excluding hydrogens is 339 g/mol. The van der Waals surface area contributed by atoms with Crippen LogP contribution in [-0.4, -0.2) is 28.6 Å². The Labute approximate surface area is 146 Å². The Morgan fingerprint density at radius 3 is 2.61 bits per heavy atom. The molecule has 0 saturated heterocycles. The smallest absolute Gasteiger partial charge is 0.228 e. The molecule has 2 rings (SSSR count). The number of nitrogens with two attached hydrogens (primary N) is 1. The highest BCUT2D eigenvalue weighted by Crippen LogP contribution is 2.18. The third kappa shape index (κ3) is 5.49. The van der Waals surface area contributed by atoms with Crippen LogP contribution in [0.15, 0.2) is 28.8 Å². The number of rotatable bonds is 6. The fourth-order valence-corrected chi connectivity index (χ4v) is 1.89. The third-order valence-corrected chi connectivity index (χ3v) is 3.66. The second-order valence-corrected chi connectivity index (χ2v) is 5.64. The molecule has 2 aromatic rings. The summed E-state index contributed by atoms with van der Waals surface area (Å²) >= 11 is 5.84. The van der Waals surface area contributed by atoms with Crippen molar-refractivity contribution in [2.75, 3.05) is 6.54 Å². The van der Waals surface area contributed by atoms with Crippen molar-refractivity contribution in [2.24, 2.45) is 11.7 Å². The zero-order valence-corrected chi connectivity index (χ0v) is 14.5. The quantitative estimate of drug-likeness (QED) is 0.826. The van der Waals surface area contributed by atoms with Gasteiger partial charge in [0.15, 0.2) is 0 Å². The Morgan fingerprint density at radius 2 is 2.00 bits per heavy atom. The third-order valence-electron chi connectivity index (χ3n) is 3.41. The zero-order chi connectivity index (χ0) is 16.1. The van der Waals surface area contributed by atoms with E-state index in [9.17, 15) is 4.79 Å². The molecule has 2 unspecified atom stereocenters. The molecule has 23 heavy (non-hydrogen) atoms. The number of carbonyl (C=O) groups excluding carboxylic acids is 1. The van der Waals surface area contributed by atoms with Gasteiger partial charge in [0.1, 0.15) is 0 Å². The monoisotopic (exact) mass is 358 g/mol. The summed E-state index contributed by atoms with van der Waals surface area (Å²) in [7, 11) is 0. The summed E-state index contributed by atoms with van der Waals surface area (Å²) < 4.78 is 5.17. The highest BCUT2D eigenvalue weighted by atomic mass is 35.5. The normalized spacial score (nSPS) is 13.0. The standard InChI is InChI=1S/C15H19ClN4O2.ClH/c1-9(10(2)17)15(21)18-8-7-13-19-14(20-22-13)11-3-5-12(16)6-4-11;/h3-6,9-10H,7-8,17H2,1-2H3,(H,18,21);1H. The molecule has 0 saturated carbocycles. The molecule has 1 amide bonds. The summed E-state index contributed by atoms with van der Waals surface area (Å²) in [6.45, 7) is 4.03. The highest BCUT2D eigenvalue weighted by molar-refractivity contribution is 6.30. The van der Waals surface area contributed by atoms with E-state index in [1.807, 2.05) is 12.1 Å². The van der Waals surface area contributed by atoms with Crippen molar-refractivity contribution in [3.63, 3.8) is 0 Å². The van der Waals surface area contributed by atoms with E-state index in [-0.39, 0.29) is 30.3 Å². The maximum atomic E-state index is 11.8. The fourth-order valence-electron chi connectivity index (χ4n) is 1.77. The van der Waals surface area contributed by atoms with Crippen LogP contribution in [0, 0.1) is 5.92 Å². The lowest BCUT2D eigenvalue weighted by Crippen LogP contribution is -2.39. The van der Waals surface area contributed by atoms with E-state index in [1.165, 1.54) is 0 Å². The average molecular weight is 359 g/mol. The summed E-state index contributed by atoms with van der Waals surface area (Å²) in [4.78, 5) is 16.1. The van der Waals surface area contributed by atoms with Crippen LogP contribution in [0.2, 0.25) is 5.02 Å². The van der Waals surface area contributed by atoms with Crippen molar-refractivity contribution in [1.82, 2.24) is 15.5 Å². The van der Waals surface area contributed by atoms with Crippen molar-refractivity contribution in [1.29, 1.82) is 0 Å². The predicted molar refractivity (Wildman–Crippen MR) is 91.5 cm³/mol. The van der Waals surface area contributed by atoms with E-state index in [1.54, 1.807) is 26.0 Å². The first-order valence-electron chi connectivity index (χ1n) is 7.09. The first-order chi connectivity index (χ1) is 10.5. The molecule has 1 heterocycles. The molecule has 0 spiro atoms. The van der Waals surface area contributed by atoms with Gasteiger partial charge in [0, 0.05) is 35.5 Å². The van der Waals surface area contributed by atoms with Crippen LogP contribution in [-0.2, 0) is 11.2 Å². The summed E-state index contributed by atoms with van der Waals surface area (Å²) in [5, 5.41) is 7.37. The molecule has 0 radical (unpaired) electrons. The lowest BCUT2D eigenvalue weighted by atomic mass is 10.0. The fraction of sp³-hybridized carbons (Fsp3) is 0.400. The van der Waals surface area contributed by atoms with Gasteiger partial charge >= 0.3 is 0 Å². The maximum absolute atomic E-state index is 11.8. The molecule has 0 fully saturated rings. The van der Waals surface area contributed by atoms with Crippen molar-refractivity contribution in [3.05, 3.63) is 35.2 Å². The summed E-state index contributed by atoms with van der Waals surface area (Å²) in [5.74, 6) is 0.667. The molecular formula is C15H20Cl2N4O2. The summed E-state index contributed by atoms with van der Waals surface area (Å²) in [6.07, 6.45) is 0.470.